The van der Waals surface area contributed by atoms with Gasteiger partial charge in [0, 0.05) is 24.3 Å². The molecule has 54 heavy (non-hydrogen) atoms. The maximum atomic E-state index is 13.0. The van der Waals surface area contributed by atoms with E-state index in [-0.39, 0.29) is 18.2 Å². The molecular weight excluding hydrogens is 673 g/mol. The first kappa shape index (κ1) is 36.1. The zero-order valence-corrected chi connectivity index (χ0v) is 30.2. The average Bonchev–Trinajstić information content (AvgIpc) is 3.34. The number of fused-ring (bicyclic) bond motifs is 5. The highest BCUT2D eigenvalue weighted by Crippen LogP contribution is 2.30. The van der Waals surface area contributed by atoms with E-state index in [1.54, 1.807) is 11.0 Å². The Labute approximate surface area is 314 Å². The summed E-state index contributed by atoms with van der Waals surface area (Å²) in [6.45, 7) is 5.18. The van der Waals surface area contributed by atoms with Crippen LogP contribution in [0.4, 0.5) is 11.4 Å². The van der Waals surface area contributed by atoms with Crippen molar-refractivity contribution >= 4 is 47.4 Å². The third kappa shape index (κ3) is 7.75. The van der Waals surface area contributed by atoms with Gasteiger partial charge in [-0.15, -0.1) is 0 Å². The summed E-state index contributed by atoms with van der Waals surface area (Å²) in [6.07, 6.45) is 10.6. The summed E-state index contributed by atoms with van der Waals surface area (Å²) in [5.41, 5.74) is 14.8. The largest absolute Gasteiger partial charge is 0.481 e. The molecule has 0 aromatic heterocycles. The number of nitrogens with two attached hydrogens (primary N) is 1. The molecule has 3 aliphatic rings. The normalized spacial score (nSPS) is 15.2. The van der Waals surface area contributed by atoms with Gasteiger partial charge in [-0.25, -0.2) is 0 Å². The van der Waals surface area contributed by atoms with E-state index in [0.29, 0.717) is 25.2 Å². The molecule has 5 aromatic carbocycles. The third-order valence-electron chi connectivity index (χ3n) is 10.3. The summed E-state index contributed by atoms with van der Waals surface area (Å²) >= 11 is 0. The quantitative estimate of drug-likeness (QED) is 0.158. The lowest BCUT2D eigenvalue weighted by molar-refractivity contribution is -0.138. The number of anilines is 2. The Bertz CT molecular complexity index is 2490. The molecule has 8 rings (SSSR count). The molecule has 8 heteroatoms. The molecule has 0 fully saturated rings. The van der Waals surface area contributed by atoms with Gasteiger partial charge in [-0.2, -0.15) is 0 Å². The number of carboxylic acid groups (broad SMARTS) is 1. The molecule has 8 nitrogen and oxygen atoms in total. The molecule has 0 bridgehead atoms. The Morgan fingerprint density at radius 2 is 1.69 bits per heavy atom. The number of rotatable bonds is 8. The van der Waals surface area contributed by atoms with Crippen molar-refractivity contribution in [2.24, 2.45) is 5.73 Å². The number of aliphatic carboxylic acids is 1. The Balaban J connectivity index is 0.000000171. The van der Waals surface area contributed by atoms with Crippen molar-refractivity contribution in [1.29, 1.82) is 0 Å². The van der Waals surface area contributed by atoms with Gasteiger partial charge in [0.05, 0.1) is 18.7 Å². The van der Waals surface area contributed by atoms with Gasteiger partial charge in [0.1, 0.15) is 6.04 Å². The minimum Gasteiger partial charge on any atom is -0.481 e. The topological polar surface area (TPSA) is 125 Å². The zero-order valence-electron chi connectivity index (χ0n) is 30.2. The predicted octanol–water partition coefficient (Wildman–Crippen LogP) is 5.95. The fourth-order valence-corrected chi connectivity index (χ4v) is 7.61. The van der Waals surface area contributed by atoms with E-state index in [4.69, 9.17) is 10.8 Å². The van der Waals surface area contributed by atoms with Gasteiger partial charge in [0.25, 0.3) is 5.91 Å². The molecule has 5 aromatic rings. The molecule has 1 aliphatic heterocycles. The molecule has 0 saturated heterocycles. The molecule has 1 unspecified atom stereocenters. The second-order valence-electron chi connectivity index (χ2n) is 13.8. The molecule has 0 saturated carbocycles. The predicted molar refractivity (Wildman–Crippen MR) is 215 cm³/mol. The van der Waals surface area contributed by atoms with Crippen LogP contribution in [0.2, 0.25) is 0 Å². The van der Waals surface area contributed by atoms with Gasteiger partial charge in [-0.05, 0) is 104 Å². The monoisotopic (exact) mass is 716 g/mol. The Kier molecular flexibility index (Phi) is 10.8. The fourth-order valence-electron chi connectivity index (χ4n) is 7.61. The summed E-state index contributed by atoms with van der Waals surface area (Å²) in [5.74, 6) is -1.32. The van der Waals surface area contributed by atoms with Gasteiger partial charge in [-0.1, -0.05) is 104 Å². The van der Waals surface area contributed by atoms with Crippen molar-refractivity contribution in [3.63, 3.8) is 0 Å². The first-order valence-corrected chi connectivity index (χ1v) is 18.4. The molecule has 0 radical (unpaired) electrons. The van der Waals surface area contributed by atoms with Gasteiger partial charge in [0.2, 0.25) is 5.91 Å². The maximum absolute atomic E-state index is 13.0. The lowest BCUT2D eigenvalue weighted by atomic mass is 9.88. The van der Waals surface area contributed by atoms with Crippen LogP contribution in [0.15, 0.2) is 110 Å². The van der Waals surface area contributed by atoms with Gasteiger partial charge in [-0.3, -0.25) is 14.4 Å². The number of para-hydroxylation sites is 2. The van der Waals surface area contributed by atoms with Crippen molar-refractivity contribution in [3.05, 3.63) is 170 Å². The standard InChI is InChI=1S/C27H26N2O.C19H18N2O3/c28-16-18-4-3-5-19(14-18)17-29-27(30)22-10-11-24-21(15-22)9-13-25-23-7-2-1-6-20(23)8-12-26(24)25;1-2-13-7-4-6-10-17(13)21-12-14-8-3-5-9-15(14)20-16(19(21)24)11-18(22)23/h3-6,8-12,14-15H,1-2,7,13,16-17,28H2,(H,29,30);2-10,16,20H,1,11-12H2,(H,22,23). The van der Waals surface area contributed by atoms with Crippen molar-refractivity contribution < 1.29 is 19.5 Å². The number of hydrogen-bond acceptors (Lipinski definition) is 5. The van der Waals surface area contributed by atoms with Crippen LogP contribution >= 0.6 is 0 Å². The van der Waals surface area contributed by atoms with Crippen molar-refractivity contribution in [1.82, 2.24) is 5.32 Å². The lowest BCUT2D eigenvalue weighted by Crippen LogP contribution is -2.42. The molecular formula is C46H44N4O4. The highest BCUT2D eigenvalue weighted by Gasteiger charge is 2.32. The Hall–Kier alpha value is -6.25. The smallest absolute Gasteiger partial charge is 0.305 e. The van der Waals surface area contributed by atoms with E-state index < -0.39 is 12.0 Å². The summed E-state index contributed by atoms with van der Waals surface area (Å²) in [6, 6.07) is 32.8. The third-order valence-corrected chi connectivity index (χ3v) is 10.3. The van der Waals surface area contributed by atoms with Crippen LogP contribution in [0.1, 0.15) is 63.0 Å². The number of carbonyl (C=O) groups excluding carboxylic acids is 2. The Morgan fingerprint density at radius 3 is 2.52 bits per heavy atom. The maximum Gasteiger partial charge on any atom is 0.305 e. The second-order valence-corrected chi connectivity index (χ2v) is 13.8. The molecule has 272 valence electrons. The average molecular weight is 717 g/mol. The van der Waals surface area contributed by atoms with Gasteiger partial charge < -0.3 is 26.4 Å². The summed E-state index contributed by atoms with van der Waals surface area (Å²) < 4.78 is 0. The van der Waals surface area contributed by atoms with E-state index in [1.807, 2.05) is 84.9 Å². The van der Waals surface area contributed by atoms with Crippen molar-refractivity contribution in [3.8, 4) is 0 Å². The van der Waals surface area contributed by atoms with Crippen LogP contribution in [0, 0.1) is 10.4 Å². The van der Waals surface area contributed by atoms with Crippen LogP contribution in [0.5, 0.6) is 0 Å². The molecule has 5 N–H and O–H groups in total. The van der Waals surface area contributed by atoms with E-state index in [2.05, 4.69) is 47.6 Å². The van der Waals surface area contributed by atoms with E-state index in [1.165, 1.54) is 46.0 Å². The van der Waals surface area contributed by atoms with Crippen LogP contribution in [0.3, 0.4) is 0 Å². The molecule has 0 spiro atoms. The number of nitrogens with zero attached hydrogens (tertiary/aromatic N) is 1. The van der Waals surface area contributed by atoms with Crippen LogP contribution in [0.25, 0.3) is 18.2 Å². The first-order valence-electron chi connectivity index (χ1n) is 18.4. The molecule has 2 aliphatic carbocycles. The number of carboxylic acids is 1. The summed E-state index contributed by atoms with van der Waals surface area (Å²) in [7, 11) is 0. The first-order chi connectivity index (χ1) is 26.3. The number of amides is 2. The minimum atomic E-state index is -1.02. The van der Waals surface area contributed by atoms with Gasteiger partial charge >= 0.3 is 5.97 Å². The van der Waals surface area contributed by atoms with E-state index in [0.717, 1.165) is 45.3 Å². The van der Waals surface area contributed by atoms with E-state index >= 15 is 0 Å². The number of benzene rings is 5. The van der Waals surface area contributed by atoms with Crippen LogP contribution < -0.4 is 31.7 Å². The highest BCUT2D eigenvalue weighted by molar-refractivity contribution is 6.03. The number of hydrogen-bond donors (Lipinski definition) is 4. The van der Waals surface area contributed by atoms with E-state index in [9.17, 15) is 14.4 Å². The molecule has 1 heterocycles. The Morgan fingerprint density at radius 1 is 0.889 bits per heavy atom. The fraction of sp³-hybridized carbons (Fsp3) is 0.196. The molecule has 1 atom stereocenters. The summed E-state index contributed by atoms with van der Waals surface area (Å²) in [5, 5.41) is 20.4. The minimum absolute atomic E-state index is 0.0461. The van der Waals surface area contributed by atoms with Crippen molar-refractivity contribution in [2.45, 2.75) is 57.8 Å². The zero-order chi connectivity index (χ0) is 37.6. The number of nitrogens with one attached hydrogen (secondary N) is 2. The van der Waals surface area contributed by atoms with Crippen LogP contribution in [-0.2, 0) is 42.1 Å². The molecule has 2 amide bonds. The summed E-state index contributed by atoms with van der Waals surface area (Å²) in [4.78, 5) is 38.5. The highest BCUT2D eigenvalue weighted by atomic mass is 16.4. The lowest BCUT2D eigenvalue weighted by Gasteiger charge is -2.25. The van der Waals surface area contributed by atoms with Gasteiger partial charge in [0.15, 0.2) is 0 Å². The van der Waals surface area contributed by atoms with Crippen molar-refractivity contribution in [2.75, 3.05) is 10.2 Å². The SMILES string of the molecule is C=Cc1ccccc1N1Cc2ccccc2NC(CC(=O)O)C1=O.NCc1cccc(CNC(=O)c2ccc3c(c2)=CCc2c4c(ccc2=3)=CCCC4)c1. The van der Waals surface area contributed by atoms with Crippen LogP contribution in [-0.4, -0.2) is 28.9 Å². The second kappa shape index (κ2) is 16.2. The number of carbonyl (C=O) groups is 3.